The van der Waals surface area contributed by atoms with E-state index in [0.717, 1.165) is 17.3 Å². The van der Waals surface area contributed by atoms with E-state index in [1.54, 1.807) is 12.1 Å². The molecule has 1 saturated carbocycles. The van der Waals surface area contributed by atoms with Crippen molar-refractivity contribution in [2.75, 3.05) is 6.61 Å². The van der Waals surface area contributed by atoms with E-state index in [0.29, 0.717) is 11.5 Å². The van der Waals surface area contributed by atoms with Gasteiger partial charge >= 0.3 is 6.03 Å². The van der Waals surface area contributed by atoms with E-state index in [-0.39, 0.29) is 19.0 Å². The van der Waals surface area contributed by atoms with Crippen molar-refractivity contribution < 1.29 is 14.3 Å². The van der Waals surface area contributed by atoms with Gasteiger partial charge in [-0.2, -0.15) is 0 Å². The Hall–Kier alpha value is -1.14. The molecule has 6 heteroatoms. The number of halogens is 2. The maximum atomic E-state index is 13.5. The summed E-state index contributed by atoms with van der Waals surface area (Å²) in [5.41, 5.74) is -0.188. The summed E-state index contributed by atoms with van der Waals surface area (Å²) in [4.78, 5) is 11.9. The lowest BCUT2D eigenvalue weighted by Crippen LogP contribution is -2.53. The molecule has 0 spiro atoms. The number of aliphatic hydroxyl groups is 1. The Labute approximate surface area is 125 Å². The number of urea groups is 1. The molecule has 0 aliphatic heterocycles. The van der Waals surface area contributed by atoms with E-state index in [9.17, 15) is 14.3 Å². The van der Waals surface area contributed by atoms with Gasteiger partial charge in [0.2, 0.25) is 0 Å². The van der Waals surface area contributed by atoms with Crippen molar-refractivity contribution >= 4 is 22.0 Å². The number of carbonyl (C=O) groups excluding carboxylic acids is 1. The first-order valence-electron chi connectivity index (χ1n) is 6.55. The number of rotatable bonds is 5. The maximum absolute atomic E-state index is 13.5. The first-order chi connectivity index (χ1) is 9.44. The van der Waals surface area contributed by atoms with E-state index in [2.05, 4.69) is 26.6 Å². The summed E-state index contributed by atoms with van der Waals surface area (Å²) in [6.45, 7) is 1.82. The molecule has 1 aliphatic carbocycles. The minimum absolute atomic E-state index is 0.100. The molecule has 0 bridgehead atoms. The summed E-state index contributed by atoms with van der Waals surface area (Å²) < 4.78 is 14.3. The lowest BCUT2D eigenvalue weighted by atomic mass is 9.97. The van der Waals surface area contributed by atoms with Crippen molar-refractivity contribution in [3.8, 4) is 0 Å². The molecule has 2 rings (SSSR count). The van der Waals surface area contributed by atoms with Crippen molar-refractivity contribution in [1.29, 1.82) is 0 Å². The van der Waals surface area contributed by atoms with Crippen LogP contribution in [0.5, 0.6) is 0 Å². The number of hydrogen-bond acceptors (Lipinski definition) is 2. The van der Waals surface area contributed by atoms with Crippen LogP contribution in [0.1, 0.15) is 25.3 Å². The van der Waals surface area contributed by atoms with Crippen molar-refractivity contribution in [1.82, 2.24) is 10.6 Å². The summed E-state index contributed by atoms with van der Waals surface area (Å²) in [5, 5.41) is 14.8. The first kappa shape index (κ1) is 15.3. The molecule has 0 aromatic heterocycles. The Morgan fingerprint density at radius 3 is 2.85 bits per heavy atom. The highest BCUT2D eigenvalue weighted by atomic mass is 79.9. The van der Waals surface area contributed by atoms with Gasteiger partial charge in [-0.1, -0.05) is 15.9 Å². The maximum Gasteiger partial charge on any atom is 0.315 e. The summed E-state index contributed by atoms with van der Waals surface area (Å²) in [6, 6.07) is 4.19. The van der Waals surface area contributed by atoms with E-state index >= 15 is 0 Å². The van der Waals surface area contributed by atoms with E-state index < -0.39 is 11.6 Å². The fourth-order valence-corrected chi connectivity index (χ4v) is 2.56. The molecule has 0 heterocycles. The second-order valence-electron chi connectivity index (χ2n) is 5.39. The van der Waals surface area contributed by atoms with Crippen LogP contribution < -0.4 is 10.6 Å². The fraction of sp³-hybridized carbons (Fsp3) is 0.500. The van der Waals surface area contributed by atoms with Gasteiger partial charge < -0.3 is 15.7 Å². The number of aliphatic hydroxyl groups excluding tert-OH is 1. The van der Waals surface area contributed by atoms with Crippen LogP contribution in [0.4, 0.5) is 9.18 Å². The van der Waals surface area contributed by atoms with Crippen molar-refractivity contribution in [2.24, 2.45) is 5.92 Å². The second-order valence-corrected chi connectivity index (χ2v) is 6.31. The lowest BCUT2D eigenvalue weighted by Gasteiger charge is -2.28. The molecule has 1 fully saturated rings. The highest BCUT2D eigenvalue weighted by Gasteiger charge is 2.42. The number of benzene rings is 1. The second kappa shape index (κ2) is 6.10. The molecule has 4 nitrogen and oxygen atoms in total. The minimum atomic E-state index is -0.597. The predicted molar refractivity (Wildman–Crippen MR) is 77.7 cm³/mol. The lowest BCUT2D eigenvalue weighted by molar-refractivity contribution is 0.155. The van der Waals surface area contributed by atoms with Gasteiger partial charge in [0.15, 0.2) is 0 Å². The molecular formula is C14H18BrFN2O2. The molecule has 110 valence electrons. The molecule has 2 amide bonds. The zero-order valence-corrected chi connectivity index (χ0v) is 12.8. The zero-order valence-electron chi connectivity index (χ0n) is 11.2. The summed E-state index contributed by atoms with van der Waals surface area (Å²) in [7, 11) is 0. The molecule has 1 aromatic rings. The van der Waals surface area contributed by atoms with Gasteiger partial charge in [-0.25, -0.2) is 9.18 Å². The van der Waals surface area contributed by atoms with E-state index in [4.69, 9.17) is 0 Å². The Bertz CT molecular complexity index is 508. The normalized spacial score (nSPS) is 17.4. The topological polar surface area (TPSA) is 61.4 Å². The van der Waals surface area contributed by atoms with Crippen LogP contribution in [0.3, 0.4) is 0 Å². The van der Waals surface area contributed by atoms with E-state index in [1.165, 1.54) is 6.07 Å². The summed E-state index contributed by atoms with van der Waals surface area (Å²) in [6.07, 6.45) is 2.02. The van der Waals surface area contributed by atoms with Crippen LogP contribution in [0.15, 0.2) is 22.7 Å². The SMILES string of the molecule is CC(CO)(NC(=O)NCc1cc(Br)ccc1F)C1CC1. The van der Waals surface area contributed by atoms with Crippen molar-refractivity contribution in [3.05, 3.63) is 34.1 Å². The molecular weight excluding hydrogens is 327 g/mol. The van der Waals surface area contributed by atoms with Crippen LogP contribution in [0, 0.1) is 11.7 Å². The van der Waals surface area contributed by atoms with Crippen LogP contribution >= 0.6 is 15.9 Å². The Morgan fingerprint density at radius 1 is 1.55 bits per heavy atom. The van der Waals surface area contributed by atoms with Gasteiger partial charge in [-0.05, 0) is 43.9 Å². The van der Waals surface area contributed by atoms with Gasteiger partial charge in [0.05, 0.1) is 12.1 Å². The molecule has 3 N–H and O–H groups in total. The average Bonchev–Trinajstić information content (AvgIpc) is 3.24. The number of amides is 2. The van der Waals surface area contributed by atoms with Crippen LogP contribution in [-0.4, -0.2) is 23.3 Å². The zero-order chi connectivity index (χ0) is 14.8. The number of hydrogen-bond donors (Lipinski definition) is 3. The first-order valence-corrected chi connectivity index (χ1v) is 7.35. The molecule has 1 atom stereocenters. The summed E-state index contributed by atoms with van der Waals surface area (Å²) in [5.74, 6) is -0.0403. The van der Waals surface area contributed by atoms with Crippen LogP contribution in [0.2, 0.25) is 0 Å². The number of nitrogens with one attached hydrogen (secondary N) is 2. The fourth-order valence-electron chi connectivity index (χ4n) is 2.15. The summed E-state index contributed by atoms with van der Waals surface area (Å²) >= 11 is 3.26. The van der Waals surface area contributed by atoms with Gasteiger partial charge in [-0.3, -0.25) is 0 Å². The van der Waals surface area contributed by atoms with Crippen LogP contribution in [-0.2, 0) is 6.54 Å². The van der Waals surface area contributed by atoms with E-state index in [1.807, 2.05) is 6.92 Å². The average molecular weight is 345 g/mol. The smallest absolute Gasteiger partial charge is 0.315 e. The standard InChI is InChI=1S/C14H18BrFN2O2/c1-14(8-19,10-2-3-10)18-13(20)17-7-9-6-11(15)4-5-12(9)16/h4-6,10,19H,2-3,7-8H2,1H3,(H2,17,18,20). The molecule has 20 heavy (non-hydrogen) atoms. The third-order valence-corrected chi connectivity index (χ3v) is 4.15. The predicted octanol–water partition coefficient (Wildman–Crippen LogP) is 2.55. The number of carbonyl (C=O) groups is 1. The van der Waals surface area contributed by atoms with Crippen molar-refractivity contribution in [3.63, 3.8) is 0 Å². The van der Waals surface area contributed by atoms with Gasteiger partial charge in [0.25, 0.3) is 0 Å². The highest BCUT2D eigenvalue weighted by molar-refractivity contribution is 9.10. The molecule has 1 aliphatic rings. The third-order valence-electron chi connectivity index (χ3n) is 3.65. The quantitative estimate of drug-likeness (QED) is 0.768. The van der Waals surface area contributed by atoms with Crippen LogP contribution in [0.25, 0.3) is 0 Å². The monoisotopic (exact) mass is 344 g/mol. The highest BCUT2D eigenvalue weighted by Crippen LogP contribution is 2.39. The van der Waals surface area contributed by atoms with Gasteiger partial charge in [0.1, 0.15) is 5.82 Å². The van der Waals surface area contributed by atoms with Gasteiger partial charge in [0, 0.05) is 16.6 Å². The third kappa shape index (κ3) is 3.70. The molecule has 0 saturated heterocycles. The Kier molecular flexibility index (Phi) is 4.65. The Balaban J connectivity index is 1.90. The minimum Gasteiger partial charge on any atom is -0.394 e. The van der Waals surface area contributed by atoms with Gasteiger partial charge in [-0.15, -0.1) is 0 Å². The van der Waals surface area contributed by atoms with Crippen molar-refractivity contribution in [2.45, 2.75) is 31.8 Å². The largest absolute Gasteiger partial charge is 0.394 e. The molecule has 0 radical (unpaired) electrons. The molecule has 1 aromatic carbocycles. The molecule has 1 unspecified atom stereocenters. The Morgan fingerprint density at radius 2 is 2.25 bits per heavy atom.